The Balaban J connectivity index is 1.25. The van der Waals surface area contributed by atoms with Crippen molar-refractivity contribution >= 4 is 52.4 Å². The Labute approximate surface area is 302 Å². The average Bonchev–Trinajstić information content (AvgIpc) is 3.87. The molecule has 3 aliphatic rings. The van der Waals surface area contributed by atoms with Crippen molar-refractivity contribution in [2.45, 2.75) is 76.0 Å². The van der Waals surface area contributed by atoms with Crippen molar-refractivity contribution in [1.82, 2.24) is 15.0 Å². The lowest BCUT2D eigenvalue weighted by Gasteiger charge is -2.37. The van der Waals surface area contributed by atoms with E-state index in [1.54, 1.807) is 7.11 Å². The van der Waals surface area contributed by atoms with Crippen LogP contribution >= 0.6 is 15.9 Å². The molecule has 0 saturated carbocycles. The molecule has 0 unspecified atom stereocenters. The minimum Gasteiger partial charge on any atom is -0.497 e. The highest BCUT2D eigenvalue weighted by atomic mass is 79.9. The molecule has 3 aliphatic heterocycles. The number of halogens is 1. The second kappa shape index (κ2) is 13.7. The van der Waals surface area contributed by atoms with Gasteiger partial charge in [-0.1, -0.05) is 70.6 Å². The number of methoxy groups -OCH3 is 1. The first kappa shape index (κ1) is 34.6. The first-order valence-electron chi connectivity index (χ1n) is 17.4. The van der Waals surface area contributed by atoms with Crippen molar-refractivity contribution < 1.29 is 24.2 Å². The largest absolute Gasteiger partial charge is 0.497 e. The standard InChI is InChI=1S/C38H44BrN5O5Si/c1-25-36(50(3,4)31-14-12-30(48-2)13-15-31)34(17-20-42-24-28(18-21-45)40-41-42)49-38(25)32-22-27(39)9-16-33(32)44(37(38)47)23-26-7-10-29(11-8-26)43-19-5-6-35(43)46/h7-16,22,24-25,34,36,45H,5-6,17-21,23H2,1-4H3/t25-,34+,36-,38+/m1/s1. The molecule has 1 N–H and O–H groups in total. The number of carbonyl (C=O) groups is 2. The van der Waals surface area contributed by atoms with E-state index in [4.69, 9.17) is 9.47 Å². The van der Waals surface area contributed by atoms with E-state index in [-0.39, 0.29) is 36.0 Å². The molecule has 262 valence electrons. The monoisotopic (exact) mass is 757 g/mol. The van der Waals surface area contributed by atoms with Gasteiger partial charge >= 0.3 is 0 Å². The van der Waals surface area contributed by atoms with Crippen LogP contribution in [-0.2, 0) is 39.4 Å². The minimum atomic E-state index is -2.31. The Morgan fingerprint density at radius 1 is 1.08 bits per heavy atom. The molecule has 4 aromatic rings. The second-order valence-electron chi connectivity index (χ2n) is 14.3. The minimum absolute atomic E-state index is 0.0179. The van der Waals surface area contributed by atoms with Crippen LogP contribution in [0.2, 0.25) is 18.6 Å². The zero-order valence-electron chi connectivity index (χ0n) is 29.0. The summed E-state index contributed by atoms with van der Waals surface area (Å²) in [7, 11) is -0.630. The van der Waals surface area contributed by atoms with E-state index < -0.39 is 13.7 Å². The van der Waals surface area contributed by atoms with Crippen molar-refractivity contribution in [3.8, 4) is 5.75 Å². The fourth-order valence-corrected chi connectivity index (χ4v) is 13.0. The van der Waals surface area contributed by atoms with E-state index in [1.165, 1.54) is 5.19 Å². The van der Waals surface area contributed by atoms with Gasteiger partial charge < -0.3 is 24.4 Å². The van der Waals surface area contributed by atoms with Gasteiger partial charge in [0.1, 0.15) is 5.75 Å². The lowest BCUT2D eigenvalue weighted by Crippen LogP contribution is -2.51. The average molecular weight is 759 g/mol. The van der Waals surface area contributed by atoms with Crippen molar-refractivity contribution in [2.24, 2.45) is 5.92 Å². The normalized spacial score (nSPS) is 23.4. The van der Waals surface area contributed by atoms with Crippen LogP contribution in [0.4, 0.5) is 11.4 Å². The van der Waals surface area contributed by atoms with Gasteiger partial charge in [0, 0.05) is 60.4 Å². The summed E-state index contributed by atoms with van der Waals surface area (Å²) in [6.45, 7) is 8.68. The summed E-state index contributed by atoms with van der Waals surface area (Å²) in [5.41, 5.74) is 3.29. The van der Waals surface area contributed by atoms with E-state index >= 15 is 4.79 Å². The molecule has 50 heavy (non-hydrogen) atoms. The molecule has 10 nitrogen and oxygen atoms in total. The summed E-state index contributed by atoms with van der Waals surface area (Å²) in [4.78, 5) is 31.2. The summed E-state index contributed by atoms with van der Waals surface area (Å²) < 4.78 is 15.5. The molecule has 0 aliphatic carbocycles. The topological polar surface area (TPSA) is 110 Å². The van der Waals surface area contributed by atoms with Gasteiger partial charge in [0.25, 0.3) is 5.91 Å². The summed E-state index contributed by atoms with van der Waals surface area (Å²) in [6, 6.07) is 22.5. The number of carbonyl (C=O) groups excluding carboxylic acids is 2. The molecule has 1 aromatic heterocycles. The van der Waals surface area contributed by atoms with E-state index in [1.807, 2.05) is 69.2 Å². The highest BCUT2D eigenvalue weighted by Crippen LogP contribution is 2.60. The summed E-state index contributed by atoms with van der Waals surface area (Å²) in [5, 5.41) is 19.2. The number of aliphatic hydroxyl groups excluding tert-OH is 1. The third kappa shape index (κ3) is 5.99. The third-order valence-electron chi connectivity index (χ3n) is 11.1. The fraction of sp³-hybridized carbons (Fsp3) is 0.421. The molecule has 0 radical (unpaired) electrons. The van der Waals surface area contributed by atoms with Crippen molar-refractivity contribution in [3.05, 3.63) is 94.2 Å². The number of aliphatic hydroxyl groups is 1. The number of hydrogen-bond acceptors (Lipinski definition) is 7. The molecule has 7 rings (SSSR count). The summed E-state index contributed by atoms with van der Waals surface area (Å²) in [5.74, 6) is 0.787. The number of aryl methyl sites for hydroxylation is 1. The third-order valence-corrected chi connectivity index (χ3v) is 15.9. The number of fused-ring (bicyclic) bond motifs is 2. The maximum atomic E-state index is 15.1. The van der Waals surface area contributed by atoms with Crippen molar-refractivity contribution in [1.29, 1.82) is 0 Å². The predicted molar refractivity (Wildman–Crippen MR) is 198 cm³/mol. The Hall–Kier alpha value is -3.84. The maximum absolute atomic E-state index is 15.1. The molecule has 12 heteroatoms. The molecular formula is C38H44BrN5O5Si. The van der Waals surface area contributed by atoms with Gasteiger partial charge in [0.2, 0.25) is 5.91 Å². The SMILES string of the molecule is COc1ccc([Si](C)(C)[C@H]2[C@H](CCn3cc(CCO)nn3)O[C@@]3(C(=O)N(Cc4ccc(N5CCCC5=O)cc4)c4ccc(Br)cc43)[C@@H]2C)cc1. The predicted octanol–water partition coefficient (Wildman–Crippen LogP) is 5.56. The molecule has 2 saturated heterocycles. The quantitative estimate of drug-likeness (QED) is 0.200. The van der Waals surface area contributed by atoms with Gasteiger partial charge in [-0.2, -0.15) is 0 Å². The number of hydrogen-bond donors (Lipinski definition) is 1. The molecular weight excluding hydrogens is 714 g/mol. The summed E-state index contributed by atoms with van der Waals surface area (Å²) >= 11 is 3.71. The molecule has 0 bridgehead atoms. The van der Waals surface area contributed by atoms with Crippen LogP contribution in [0.25, 0.3) is 0 Å². The first-order valence-corrected chi connectivity index (χ1v) is 21.3. The van der Waals surface area contributed by atoms with Gasteiger partial charge in [-0.15, -0.1) is 5.10 Å². The molecule has 3 aromatic carbocycles. The molecule has 4 heterocycles. The Bertz CT molecular complexity index is 1880. The Kier molecular flexibility index (Phi) is 9.48. The van der Waals surface area contributed by atoms with Gasteiger partial charge in [0.05, 0.1) is 39.2 Å². The maximum Gasteiger partial charge on any atom is 0.264 e. The number of nitrogens with zero attached hydrogens (tertiary/aromatic N) is 5. The van der Waals surface area contributed by atoms with Gasteiger partial charge in [-0.05, 0) is 66.4 Å². The number of aromatic nitrogens is 3. The van der Waals surface area contributed by atoms with Crippen LogP contribution in [-0.4, -0.2) is 66.4 Å². The zero-order valence-corrected chi connectivity index (χ0v) is 31.6. The van der Waals surface area contributed by atoms with Crippen molar-refractivity contribution in [2.75, 3.05) is 30.1 Å². The fourth-order valence-electron chi connectivity index (χ4n) is 8.53. The molecule has 1 spiro atoms. The smallest absolute Gasteiger partial charge is 0.264 e. The highest BCUT2D eigenvalue weighted by Gasteiger charge is 2.66. The van der Waals surface area contributed by atoms with E-state index in [2.05, 4.69) is 64.5 Å². The Morgan fingerprint density at radius 2 is 1.84 bits per heavy atom. The van der Waals surface area contributed by atoms with Gasteiger partial charge in [0.15, 0.2) is 5.60 Å². The summed E-state index contributed by atoms with van der Waals surface area (Å²) in [6.07, 6.45) is 4.21. The van der Waals surface area contributed by atoms with Crippen LogP contribution in [0.15, 0.2) is 77.4 Å². The van der Waals surface area contributed by atoms with E-state index in [0.29, 0.717) is 32.4 Å². The van der Waals surface area contributed by atoms with Crippen LogP contribution in [0.5, 0.6) is 5.75 Å². The Morgan fingerprint density at radius 3 is 2.52 bits per heavy atom. The zero-order chi connectivity index (χ0) is 35.2. The highest BCUT2D eigenvalue weighted by molar-refractivity contribution is 9.10. The molecule has 4 atom stereocenters. The van der Waals surface area contributed by atoms with Crippen LogP contribution in [0.1, 0.15) is 43.0 Å². The molecule has 2 amide bonds. The van der Waals surface area contributed by atoms with E-state index in [9.17, 15) is 9.90 Å². The van der Waals surface area contributed by atoms with Gasteiger partial charge in [-0.25, -0.2) is 0 Å². The van der Waals surface area contributed by atoms with Crippen LogP contribution in [0.3, 0.4) is 0 Å². The lowest BCUT2D eigenvalue weighted by molar-refractivity contribution is -0.146. The lowest BCUT2D eigenvalue weighted by atomic mass is 9.82. The van der Waals surface area contributed by atoms with Crippen LogP contribution in [0, 0.1) is 5.92 Å². The van der Waals surface area contributed by atoms with Crippen LogP contribution < -0.4 is 19.7 Å². The number of ether oxygens (including phenoxy) is 2. The number of benzene rings is 3. The number of amides is 2. The van der Waals surface area contributed by atoms with Gasteiger partial charge in [-0.3, -0.25) is 14.3 Å². The second-order valence-corrected chi connectivity index (χ2v) is 19.9. The number of anilines is 2. The number of rotatable bonds is 11. The van der Waals surface area contributed by atoms with Crippen molar-refractivity contribution in [3.63, 3.8) is 0 Å². The van der Waals surface area contributed by atoms with E-state index in [0.717, 1.165) is 51.4 Å². The first-order chi connectivity index (χ1) is 24.1. The molecule has 2 fully saturated rings.